The minimum Gasteiger partial charge on any atom is -0.504 e. The molecule has 3 amide bonds. The fourth-order valence-electron chi connectivity index (χ4n) is 5.89. The number of phenols is 2. The summed E-state index contributed by atoms with van der Waals surface area (Å²) in [5.74, 6) is -5.31. The number of nitrogens with one attached hydrogen (secondary N) is 2. The summed E-state index contributed by atoms with van der Waals surface area (Å²) in [6.07, 6.45) is 1.79. The van der Waals surface area contributed by atoms with E-state index < -0.39 is 58.0 Å². The number of fused-ring (bicyclic) bond motifs is 1. The number of carbonyl (C=O) groups is 5. The number of thiazole rings is 1. The molecule has 20 heteroatoms. The van der Waals surface area contributed by atoms with Gasteiger partial charge in [0.2, 0.25) is 11.5 Å². The van der Waals surface area contributed by atoms with Gasteiger partial charge < -0.3 is 46.1 Å². The summed E-state index contributed by atoms with van der Waals surface area (Å²) >= 11 is 8.34. The average Bonchev–Trinajstić information content (AvgIpc) is 3.71. The number of amides is 3. The third kappa shape index (κ3) is 7.44. The molecule has 4 heterocycles. The predicted molar refractivity (Wildman–Crippen MR) is 183 cm³/mol. The monoisotopic (exact) mass is 752 g/mol. The molecule has 0 radical (unpaired) electrons. The van der Waals surface area contributed by atoms with Gasteiger partial charge in [-0.1, -0.05) is 16.8 Å². The van der Waals surface area contributed by atoms with Crippen LogP contribution in [0.25, 0.3) is 0 Å². The average molecular weight is 753 g/mol. The highest BCUT2D eigenvalue weighted by molar-refractivity contribution is 8.00. The van der Waals surface area contributed by atoms with Gasteiger partial charge in [0.05, 0.1) is 31.7 Å². The van der Waals surface area contributed by atoms with Crippen LogP contribution in [0.3, 0.4) is 0 Å². The summed E-state index contributed by atoms with van der Waals surface area (Å²) in [7, 11) is 0. The number of aromatic hydroxyl groups is 2. The number of aromatic nitrogens is 1. The molecule has 0 aliphatic carbocycles. The lowest BCUT2D eigenvalue weighted by atomic mass is 10.0. The number of hydrogen-bond acceptors (Lipinski definition) is 13. The number of thioether (sulfide) groups is 1. The van der Waals surface area contributed by atoms with E-state index >= 15 is 0 Å². The number of nitrogens with two attached hydrogens (primary N) is 1. The first-order chi connectivity index (χ1) is 23.5. The van der Waals surface area contributed by atoms with Gasteiger partial charge in [-0.2, -0.15) is 0 Å². The van der Waals surface area contributed by atoms with Crippen molar-refractivity contribution in [3.8, 4) is 11.5 Å². The normalized spacial score (nSPS) is 20.2. The number of hydrogen-bond donors (Lipinski definition) is 7. The van der Waals surface area contributed by atoms with E-state index in [-0.39, 0.29) is 51.9 Å². The van der Waals surface area contributed by atoms with Crippen molar-refractivity contribution in [3.63, 3.8) is 0 Å². The fourth-order valence-corrected chi connectivity index (χ4v) is 7.98. The standard InChI is InChI=1S/C30H34ClN7O10S2/c1-30(2,28(46)47)48-36-20(16-13-50-29(32)34-16)24(42)35-21-25(43)37-22(27(44)45)14(12-49-26(21)37)11-38(8-3-4-9-38)10-7-18(40)33-15-5-6-17(39)23(41)19(15)31/h5-6,13,21,26H,3-4,7-12H2,1-2H3,(H7-,32,33,34,35,36,39,40,41,42,44,45,46,47)/p+1/t21-,26-/m1/s1. The number of carboxylic acid groups (broad SMARTS) is 2. The highest BCUT2D eigenvalue weighted by Gasteiger charge is 2.55. The number of oxime groups is 1. The third-order valence-electron chi connectivity index (χ3n) is 8.62. The molecule has 5 rings (SSSR count). The van der Waals surface area contributed by atoms with Crippen LogP contribution >= 0.6 is 34.7 Å². The highest BCUT2D eigenvalue weighted by atomic mass is 35.5. The number of benzene rings is 1. The van der Waals surface area contributed by atoms with Gasteiger partial charge in [-0.3, -0.25) is 19.3 Å². The third-order valence-corrected chi connectivity index (χ3v) is 11.0. The number of likely N-dealkylation sites (tertiary alicyclic amines) is 1. The van der Waals surface area contributed by atoms with Gasteiger partial charge in [-0.15, -0.1) is 23.1 Å². The lowest BCUT2D eigenvalue weighted by molar-refractivity contribution is -0.911. The summed E-state index contributed by atoms with van der Waals surface area (Å²) in [6, 6.07) is 1.45. The first kappa shape index (κ1) is 36.7. The number of quaternary nitrogens is 1. The number of aliphatic carboxylic acids is 2. The Balaban J connectivity index is 1.30. The maximum atomic E-state index is 13.5. The highest BCUT2D eigenvalue weighted by Crippen LogP contribution is 2.42. The maximum absolute atomic E-state index is 13.5. The summed E-state index contributed by atoms with van der Waals surface area (Å²) in [4.78, 5) is 74.2. The number of nitrogens with zero attached hydrogens (tertiary/aromatic N) is 4. The maximum Gasteiger partial charge on any atom is 0.352 e. The molecule has 2 atom stereocenters. The second kappa shape index (κ2) is 14.3. The number of rotatable bonds is 13. The number of carbonyl (C=O) groups excluding carboxylic acids is 3. The zero-order chi connectivity index (χ0) is 36.5. The molecule has 17 nitrogen and oxygen atoms in total. The Hall–Kier alpha value is -4.59. The van der Waals surface area contributed by atoms with Gasteiger partial charge in [0.1, 0.15) is 34.4 Å². The van der Waals surface area contributed by atoms with Crippen LogP contribution in [0.2, 0.25) is 5.02 Å². The van der Waals surface area contributed by atoms with Crippen LogP contribution in [0, 0.1) is 0 Å². The number of anilines is 2. The van der Waals surface area contributed by atoms with Crippen LogP contribution in [-0.2, 0) is 28.8 Å². The Bertz CT molecular complexity index is 1810. The Kier molecular flexibility index (Phi) is 10.5. The molecule has 1 aromatic carbocycles. The van der Waals surface area contributed by atoms with Crippen molar-refractivity contribution in [2.45, 2.75) is 50.1 Å². The SMILES string of the molecule is CC(C)(O/N=C(\C(=O)N[C@@H]1C(=O)N2C(C(=O)O)=C(C[N+]3(CCC(=O)Nc4ccc(O)c(O)c4Cl)CCCC3)CS[C@H]12)c1csc(N)n1)C(=O)O. The molecule has 8 N–H and O–H groups in total. The molecule has 268 valence electrons. The van der Waals surface area contributed by atoms with Gasteiger partial charge in [-0.25, -0.2) is 14.6 Å². The first-order valence-corrected chi connectivity index (χ1v) is 17.6. The van der Waals surface area contributed by atoms with E-state index in [4.69, 9.17) is 22.2 Å². The second-order valence-corrected chi connectivity index (χ2v) is 14.9. The molecule has 0 bridgehead atoms. The Labute approximate surface area is 298 Å². The number of β-lactam (4-membered cyclic amide) rings is 1. The zero-order valence-electron chi connectivity index (χ0n) is 26.8. The predicted octanol–water partition coefficient (Wildman–Crippen LogP) is 1.75. The minimum absolute atomic E-state index is 0.00264. The molecule has 0 spiro atoms. The lowest BCUT2D eigenvalue weighted by Crippen LogP contribution is -2.71. The van der Waals surface area contributed by atoms with Crippen molar-refractivity contribution in [1.29, 1.82) is 0 Å². The lowest BCUT2D eigenvalue weighted by Gasteiger charge is -2.50. The molecule has 2 aromatic rings. The summed E-state index contributed by atoms with van der Waals surface area (Å²) in [5, 5.41) is 48.7. The molecular weight excluding hydrogens is 718 g/mol. The van der Waals surface area contributed by atoms with Gasteiger partial charge in [-0.05, 0) is 26.0 Å². The quantitative estimate of drug-likeness (QED) is 0.0385. The van der Waals surface area contributed by atoms with E-state index in [2.05, 4.69) is 20.8 Å². The zero-order valence-corrected chi connectivity index (χ0v) is 29.2. The van der Waals surface area contributed by atoms with Crippen molar-refractivity contribution in [2.24, 2.45) is 5.16 Å². The van der Waals surface area contributed by atoms with Gasteiger partial charge in [0, 0.05) is 29.5 Å². The van der Waals surface area contributed by atoms with E-state index in [1.807, 2.05) is 0 Å². The number of nitrogen functional groups attached to an aromatic ring is 1. The van der Waals surface area contributed by atoms with Crippen LogP contribution in [0.1, 0.15) is 38.8 Å². The van der Waals surface area contributed by atoms with E-state index in [1.54, 1.807) is 0 Å². The topological polar surface area (TPSA) is 254 Å². The van der Waals surface area contributed by atoms with Crippen LogP contribution in [0.4, 0.5) is 10.8 Å². The molecule has 0 saturated carbocycles. The van der Waals surface area contributed by atoms with Crippen LogP contribution in [0.5, 0.6) is 11.5 Å². The first-order valence-electron chi connectivity index (χ1n) is 15.3. The van der Waals surface area contributed by atoms with Crippen molar-refractivity contribution >= 4 is 80.9 Å². The number of phenolic OH excluding ortho intramolecular Hbond substituents is 2. The van der Waals surface area contributed by atoms with Gasteiger partial charge in [0.15, 0.2) is 22.3 Å². The summed E-state index contributed by atoms with van der Waals surface area (Å²) in [6.45, 7) is 4.50. The Morgan fingerprint density at radius 3 is 2.52 bits per heavy atom. The van der Waals surface area contributed by atoms with Crippen molar-refractivity contribution in [1.82, 2.24) is 15.2 Å². The molecule has 2 fully saturated rings. The molecule has 3 aliphatic heterocycles. The number of halogens is 1. The Morgan fingerprint density at radius 1 is 1.20 bits per heavy atom. The van der Waals surface area contributed by atoms with Crippen LogP contribution in [0.15, 0.2) is 33.9 Å². The van der Waals surface area contributed by atoms with Crippen LogP contribution in [-0.4, -0.2) is 119 Å². The smallest absolute Gasteiger partial charge is 0.352 e. The molecular formula is C30H35ClN7O10S2+. The molecule has 50 heavy (non-hydrogen) atoms. The molecule has 0 unspecified atom stereocenters. The van der Waals surface area contributed by atoms with E-state index in [1.165, 1.54) is 43.1 Å². The molecule has 3 aliphatic rings. The summed E-state index contributed by atoms with van der Waals surface area (Å²) in [5.41, 5.74) is 3.99. The van der Waals surface area contributed by atoms with Crippen molar-refractivity contribution in [3.05, 3.63) is 39.5 Å². The van der Waals surface area contributed by atoms with E-state index in [0.717, 1.165) is 29.1 Å². The fraction of sp³-hybridized carbons (Fsp3) is 0.433. The van der Waals surface area contributed by atoms with Crippen LogP contribution < -0.4 is 16.4 Å². The summed E-state index contributed by atoms with van der Waals surface area (Å²) < 4.78 is 0.421. The van der Waals surface area contributed by atoms with Gasteiger partial charge in [0.25, 0.3) is 11.8 Å². The van der Waals surface area contributed by atoms with Crippen molar-refractivity contribution < 1.29 is 53.7 Å². The Morgan fingerprint density at radius 2 is 1.90 bits per heavy atom. The minimum atomic E-state index is -1.80. The molecule has 2 saturated heterocycles. The second-order valence-electron chi connectivity index (χ2n) is 12.5. The van der Waals surface area contributed by atoms with Gasteiger partial charge >= 0.3 is 11.9 Å². The van der Waals surface area contributed by atoms with E-state index in [0.29, 0.717) is 29.7 Å². The largest absolute Gasteiger partial charge is 0.504 e. The van der Waals surface area contributed by atoms with Crippen molar-refractivity contribution in [2.75, 3.05) is 43.0 Å². The molecule has 1 aromatic heterocycles. The number of carboxylic acids is 2. The van der Waals surface area contributed by atoms with E-state index in [9.17, 15) is 44.4 Å².